The Morgan fingerprint density at radius 2 is 2.22 bits per heavy atom. The maximum Gasteiger partial charge on any atom is 0.188 e. The summed E-state index contributed by atoms with van der Waals surface area (Å²) >= 11 is 0. The van der Waals surface area contributed by atoms with E-state index in [1.165, 1.54) is 6.42 Å². The van der Waals surface area contributed by atoms with Crippen molar-refractivity contribution in [1.29, 1.82) is 0 Å². The van der Waals surface area contributed by atoms with Gasteiger partial charge in [-0.15, -0.1) is 0 Å². The second-order valence-electron chi connectivity index (χ2n) is 4.74. The molecule has 0 amide bonds. The van der Waals surface area contributed by atoms with Crippen LogP contribution in [-0.2, 0) is 9.47 Å². The van der Waals surface area contributed by atoms with Gasteiger partial charge in [0, 0.05) is 12.2 Å². The van der Waals surface area contributed by atoms with Crippen molar-refractivity contribution in [3.8, 4) is 0 Å². The van der Waals surface area contributed by atoms with Gasteiger partial charge in [0.2, 0.25) is 0 Å². The van der Waals surface area contributed by atoms with Gasteiger partial charge in [0.1, 0.15) is 6.61 Å². The number of rotatable bonds is 5. The number of hydrogen-bond acceptors (Lipinski definition) is 3. The van der Waals surface area contributed by atoms with E-state index in [0.717, 1.165) is 30.6 Å². The molecule has 2 rings (SSSR count). The quantitative estimate of drug-likeness (QED) is 0.752. The van der Waals surface area contributed by atoms with Gasteiger partial charge in [-0.05, 0) is 31.7 Å². The number of Topliss-reactive ketones (excluding diaryl/α,β-unsaturated/α-hetero) is 1. The molecule has 3 heteroatoms. The number of ether oxygens (including phenoxy) is 2. The first-order chi connectivity index (χ1) is 8.77. The van der Waals surface area contributed by atoms with E-state index < -0.39 is 0 Å². The van der Waals surface area contributed by atoms with Gasteiger partial charge in [0.15, 0.2) is 5.78 Å². The summed E-state index contributed by atoms with van der Waals surface area (Å²) in [7, 11) is 0. The number of ketones is 1. The van der Waals surface area contributed by atoms with Gasteiger partial charge in [-0.2, -0.15) is 0 Å². The molecule has 1 aromatic rings. The third kappa shape index (κ3) is 3.65. The van der Waals surface area contributed by atoms with Crippen molar-refractivity contribution >= 4 is 5.78 Å². The predicted octanol–water partition coefficient (Wildman–Crippen LogP) is 2.76. The van der Waals surface area contributed by atoms with Crippen LogP contribution in [0.25, 0.3) is 0 Å². The van der Waals surface area contributed by atoms with Crippen molar-refractivity contribution in [2.75, 3.05) is 19.8 Å². The van der Waals surface area contributed by atoms with E-state index in [4.69, 9.17) is 9.47 Å². The summed E-state index contributed by atoms with van der Waals surface area (Å²) in [6.45, 7) is 3.43. The smallest absolute Gasteiger partial charge is 0.188 e. The van der Waals surface area contributed by atoms with Gasteiger partial charge in [-0.1, -0.05) is 24.3 Å². The fourth-order valence-electron chi connectivity index (χ4n) is 2.19. The first kappa shape index (κ1) is 13.2. The first-order valence-corrected chi connectivity index (χ1v) is 6.55. The Morgan fingerprint density at radius 1 is 1.39 bits per heavy atom. The van der Waals surface area contributed by atoms with Gasteiger partial charge in [-0.3, -0.25) is 4.79 Å². The lowest BCUT2D eigenvalue weighted by molar-refractivity contribution is -0.0370. The highest BCUT2D eigenvalue weighted by Gasteiger charge is 2.15. The van der Waals surface area contributed by atoms with E-state index >= 15 is 0 Å². The van der Waals surface area contributed by atoms with Crippen LogP contribution in [0.3, 0.4) is 0 Å². The van der Waals surface area contributed by atoms with E-state index in [1.54, 1.807) is 0 Å². The van der Waals surface area contributed by atoms with Crippen LogP contribution in [-0.4, -0.2) is 31.7 Å². The molecule has 0 spiro atoms. The van der Waals surface area contributed by atoms with Crippen LogP contribution >= 0.6 is 0 Å². The molecule has 98 valence electrons. The average molecular weight is 248 g/mol. The molecule has 0 N–H and O–H groups in total. The van der Waals surface area contributed by atoms with Crippen molar-refractivity contribution in [2.45, 2.75) is 32.3 Å². The summed E-state index contributed by atoms with van der Waals surface area (Å²) in [4.78, 5) is 11.9. The molecule has 18 heavy (non-hydrogen) atoms. The Balaban J connectivity index is 1.76. The zero-order chi connectivity index (χ0) is 12.8. The molecule has 0 aliphatic carbocycles. The predicted molar refractivity (Wildman–Crippen MR) is 69.9 cm³/mol. The maximum atomic E-state index is 11.9. The van der Waals surface area contributed by atoms with Crippen LogP contribution in [0.4, 0.5) is 0 Å². The highest BCUT2D eigenvalue weighted by Crippen LogP contribution is 2.13. The third-order valence-corrected chi connectivity index (χ3v) is 3.26. The molecule has 1 aliphatic rings. The minimum Gasteiger partial charge on any atom is -0.376 e. The Hall–Kier alpha value is -1.19. The SMILES string of the molecule is Cc1ccccc1C(=O)COCC1CCCCO1. The normalized spacial score (nSPS) is 19.7. The van der Waals surface area contributed by atoms with Crippen LogP contribution in [0.2, 0.25) is 0 Å². The molecule has 3 nitrogen and oxygen atoms in total. The average Bonchev–Trinajstić information content (AvgIpc) is 2.40. The Bertz CT molecular complexity index is 394. The van der Waals surface area contributed by atoms with E-state index in [0.29, 0.717) is 6.61 Å². The van der Waals surface area contributed by atoms with E-state index in [2.05, 4.69) is 0 Å². The highest BCUT2D eigenvalue weighted by molar-refractivity contribution is 5.98. The zero-order valence-corrected chi connectivity index (χ0v) is 10.9. The third-order valence-electron chi connectivity index (χ3n) is 3.26. The second kappa shape index (κ2) is 6.66. The van der Waals surface area contributed by atoms with Gasteiger partial charge in [0.25, 0.3) is 0 Å². The first-order valence-electron chi connectivity index (χ1n) is 6.55. The molecular formula is C15H20O3. The molecule has 1 aliphatic heterocycles. The zero-order valence-electron chi connectivity index (χ0n) is 10.9. The summed E-state index contributed by atoms with van der Waals surface area (Å²) in [6, 6.07) is 7.60. The summed E-state index contributed by atoms with van der Waals surface area (Å²) in [5.74, 6) is 0.0453. The van der Waals surface area contributed by atoms with Crippen LogP contribution < -0.4 is 0 Å². The molecular weight excluding hydrogens is 228 g/mol. The lowest BCUT2D eigenvalue weighted by Crippen LogP contribution is -2.25. The summed E-state index contributed by atoms with van der Waals surface area (Å²) in [5, 5.41) is 0. The van der Waals surface area contributed by atoms with Crippen molar-refractivity contribution < 1.29 is 14.3 Å². The van der Waals surface area contributed by atoms with E-state index in [9.17, 15) is 4.79 Å². The lowest BCUT2D eigenvalue weighted by Gasteiger charge is -2.22. The molecule has 0 bridgehead atoms. The fourth-order valence-corrected chi connectivity index (χ4v) is 2.19. The summed E-state index contributed by atoms with van der Waals surface area (Å²) in [6.07, 6.45) is 3.54. The lowest BCUT2D eigenvalue weighted by atomic mass is 10.1. The topological polar surface area (TPSA) is 35.5 Å². The Morgan fingerprint density at radius 3 is 2.94 bits per heavy atom. The minimum atomic E-state index is 0.0453. The standard InChI is InChI=1S/C15H20O3/c1-12-6-2-3-8-14(12)15(16)11-17-10-13-7-4-5-9-18-13/h2-3,6,8,13H,4-5,7,9-11H2,1H3. The largest absolute Gasteiger partial charge is 0.376 e. The number of carbonyl (C=O) groups is 1. The fraction of sp³-hybridized carbons (Fsp3) is 0.533. The number of benzene rings is 1. The van der Waals surface area contributed by atoms with Crippen LogP contribution in [0, 0.1) is 6.92 Å². The van der Waals surface area contributed by atoms with Crippen LogP contribution in [0.15, 0.2) is 24.3 Å². The van der Waals surface area contributed by atoms with Crippen molar-refractivity contribution in [2.24, 2.45) is 0 Å². The molecule has 0 aromatic heterocycles. The molecule has 0 saturated carbocycles. The molecule has 0 radical (unpaired) electrons. The van der Waals surface area contributed by atoms with Crippen LogP contribution in [0.5, 0.6) is 0 Å². The molecule has 1 atom stereocenters. The van der Waals surface area contributed by atoms with Crippen molar-refractivity contribution in [3.05, 3.63) is 35.4 Å². The molecule has 1 unspecified atom stereocenters. The number of aryl methyl sites for hydroxylation is 1. The summed E-state index contributed by atoms with van der Waals surface area (Å²) in [5.41, 5.74) is 1.75. The second-order valence-corrected chi connectivity index (χ2v) is 4.74. The Kier molecular flexibility index (Phi) is 4.90. The highest BCUT2D eigenvalue weighted by atomic mass is 16.5. The number of hydrogen-bond donors (Lipinski definition) is 0. The summed E-state index contributed by atoms with van der Waals surface area (Å²) < 4.78 is 11.0. The van der Waals surface area contributed by atoms with E-state index in [1.807, 2.05) is 31.2 Å². The van der Waals surface area contributed by atoms with Gasteiger partial charge in [-0.25, -0.2) is 0 Å². The maximum absolute atomic E-state index is 11.9. The van der Waals surface area contributed by atoms with Crippen molar-refractivity contribution in [3.63, 3.8) is 0 Å². The minimum absolute atomic E-state index is 0.0453. The van der Waals surface area contributed by atoms with Gasteiger partial charge in [0.05, 0.1) is 12.7 Å². The molecule has 1 aromatic carbocycles. The molecule has 1 saturated heterocycles. The van der Waals surface area contributed by atoms with E-state index in [-0.39, 0.29) is 18.5 Å². The number of carbonyl (C=O) groups excluding carboxylic acids is 1. The van der Waals surface area contributed by atoms with Gasteiger partial charge >= 0.3 is 0 Å². The van der Waals surface area contributed by atoms with Gasteiger partial charge < -0.3 is 9.47 Å². The molecule has 1 heterocycles. The van der Waals surface area contributed by atoms with Crippen LogP contribution in [0.1, 0.15) is 35.2 Å². The van der Waals surface area contributed by atoms with Crippen molar-refractivity contribution in [1.82, 2.24) is 0 Å². The molecule has 1 fully saturated rings. The Labute approximate surface area is 108 Å². The monoisotopic (exact) mass is 248 g/mol.